The number of nitrogen functional groups attached to an aromatic ring is 1. The summed E-state index contributed by atoms with van der Waals surface area (Å²) >= 11 is 0. The number of hydrogen-bond donors (Lipinski definition) is 1. The molecular formula is C20H11F6N3O3. The predicted octanol–water partition coefficient (Wildman–Crippen LogP) is 4.95. The predicted molar refractivity (Wildman–Crippen MR) is 97.6 cm³/mol. The van der Waals surface area contributed by atoms with E-state index in [2.05, 4.69) is 4.74 Å². The first-order valence-corrected chi connectivity index (χ1v) is 8.51. The van der Waals surface area contributed by atoms with Crippen molar-refractivity contribution in [2.24, 2.45) is 0 Å². The van der Waals surface area contributed by atoms with E-state index in [0.717, 1.165) is 30.0 Å². The van der Waals surface area contributed by atoms with Crippen LogP contribution in [0.5, 0.6) is 11.5 Å². The molecule has 12 heteroatoms. The van der Waals surface area contributed by atoms with E-state index in [1.165, 1.54) is 0 Å². The summed E-state index contributed by atoms with van der Waals surface area (Å²) in [5, 5.41) is 9.19. The van der Waals surface area contributed by atoms with Crippen molar-refractivity contribution in [3.05, 3.63) is 70.8 Å². The molecule has 3 rings (SSSR count). The van der Waals surface area contributed by atoms with Crippen LogP contribution in [0.2, 0.25) is 0 Å². The van der Waals surface area contributed by atoms with Crippen LogP contribution in [0.25, 0.3) is 5.69 Å². The fraction of sp³-hybridized carbons (Fsp3) is 0.100. The molecule has 0 saturated carbocycles. The molecule has 0 amide bonds. The monoisotopic (exact) mass is 455 g/mol. The average Bonchev–Trinajstić information content (AvgIpc) is 3.05. The minimum absolute atomic E-state index is 0.0126. The van der Waals surface area contributed by atoms with E-state index in [-0.39, 0.29) is 34.8 Å². The second-order valence-electron chi connectivity index (χ2n) is 6.26. The van der Waals surface area contributed by atoms with Crippen molar-refractivity contribution < 1.29 is 40.6 Å². The highest BCUT2D eigenvalue weighted by Gasteiger charge is 2.33. The Morgan fingerprint density at radius 1 is 1.12 bits per heavy atom. The van der Waals surface area contributed by atoms with Gasteiger partial charge in [0.1, 0.15) is 11.9 Å². The molecule has 0 bridgehead atoms. The number of carbonyl (C=O) groups excluding carboxylic acids is 1. The molecule has 0 spiro atoms. The molecule has 2 N–H and O–H groups in total. The van der Waals surface area contributed by atoms with Crippen LogP contribution in [0, 0.1) is 28.8 Å². The number of nitriles is 1. The third kappa shape index (κ3) is 4.04. The highest BCUT2D eigenvalue weighted by atomic mass is 19.4. The van der Waals surface area contributed by atoms with E-state index in [1.807, 2.05) is 0 Å². The molecule has 1 heterocycles. The van der Waals surface area contributed by atoms with Crippen LogP contribution in [0.3, 0.4) is 0 Å². The van der Waals surface area contributed by atoms with Crippen molar-refractivity contribution in [3.8, 4) is 23.3 Å². The maximum absolute atomic E-state index is 14.2. The van der Waals surface area contributed by atoms with E-state index >= 15 is 0 Å². The van der Waals surface area contributed by atoms with Gasteiger partial charge < -0.3 is 19.8 Å². The number of nitrogens with two attached hydrogens (primary N) is 1. The normalized spacial score (nSPS) is 11.2. The standard InChI is InChI=1S/C20H11F6N3O3/c1-31-19(30)17-16(28)9(7-27)8-29(17)14-3-2-11(21)6-15(14)32-18-12(22)4-10(5-13(18)23)20(24,25)26/h2-6,8H,28H2,1H3. The first-order chi connectivity index (χ1) is 15.0. The lowest BCUT2D eigenvalue weighted by atomic mass is 10.2. The number of halogens is 6. The molecule has 3 aromatic rings. The molecule has 0 aliphatic carbocycles. The molecule has 166 valence electrons. The maximum Gasteiger partial charge on any atom is 0.416 e. The van der Waals surface area contributed by atoms with Crippen molar-refractivity contribution in [3.63, 3.8) is 0 Å². The van der Waals surface area contributed by atoms with Crippen LogP contribution >= 0.6 is 0 Å². The summed E-state index contributed by atoms with van der Waals surface area (Å²) in [6, 6.07) is 4.38. The summed E-state index contributed by atoms with van der Waals surface area (Å²) in [5.74, 6) is -7.17. The number of benzene rings is 2. The second kappa shape index (κ2) is 8.18. The molecule has 0 radical (unpaired) electrons. The van der Waals surface area contributed by atoms with Gasteiger partial charge in [-0.3, -0.25) is 0 Å². The fourth-order valence-electron chi connectivity index (χ4n) is 2.80. The lowest BCUT2D eigenvalue weighted by Gasteiger charge is -2.16. The van der Waals surface area contributed by atoms with Crippen LogP contribution in [-0.2, 0) is 10.9 Å². The number of alkyl halides is 3. The van der Waals surface area contributed by atoms with Gasteiger partial charge in [0.15, 0.2) is 28.8 Å². The van der Waals surface area contributed by atoms with Crippen molar-refractivity contribution >= 4 is 11.7 Å². The summed E-state index contributed by atoms with van der Waals surface area (Å²) in [6.07, 6.45) is -3.95. The van der Waals surface area contributed by atoms with E-state index in [0.29, 0.717) is 6.07 Å². The SMILES string of the molecule is COC(=O)c1c(N)c(C#N)cn1-c1ccc(F)cc1Oc1c(F)cc(C(F)(F)F)cc1F. The Hall–Kier alpha value is -4.14. The Kier molecular flexibility index (Phi) is 5.76. The topological polar surface area (TPSA) is 90.3 Å². The molecule has 32 heavy (non-hydrogen) atoms. The van der Waals surface area contributed by atoms with Gasteiger partial charge in [-0.2, -0.15) is 18.4 Å². The quantitative estimate of drug-likeness (QED) is 0.444. The van der Waals surface area contributed by atoms with Gasteiger partial charge in [0.2, 0.25) is 0 Å². The maximum atomic E-state index is 14.2. The smallest absolute Gasteiger partial charge is 0.416 e. The van der Waals surface area contributed by atoms with Gasteiger partial charge in [-0.05, 0) is 24.3 Å². The van der Waals surface area contributed by atoms with Gasteiger partial charge in [-0.15, -0.1) is 0 Å². The summed E-state index contributed by atoms with van der Waals surface area (Å²) in [4.78, 5) is 12.2. The highest BCUT2D eigenvalue weighted by Crippen LogP contribution is 2.38. The number of methoxy groups -OCH3 is 1. The Labute approximate surface area is 176 Å². The van der Waals surface area contributed by atoms with Gasteiger partial charge in [0, 0.05) is 12.3 Å². The molecular weight excluding hydrogens is 444 g/mol. The van der Waals surface area contributed by atoms with Gasteiger partial charge in [0.05, 0.1) is 29.6 Å². The van der Waals surface area contributed by atoms with Crippen LogP contribution in [0.15, 0.2) is 36.5 Å². The summed E-state index contributed by atoms with van der Waals surface area (Å²) in [5.41, 5.74) is 3.15. The zero-order valence-corrected chi connectivity index (χ0v) is 15.9. The largest absolute Gasteiger partial charge is 0.464 e. The third-order valence-electron chi connectivity index (χ3n) is 4.26. The summed E-state index contributed by atoms with van der Waals surface area (Å²) < 4.78 is 91.3. The van der Waals surface area contributed by atoms with Gasteiger partial charge >= 0.3 is 12.1 Å². The minimum atomic E-state index is -5.02. The Balaban J connectivity index is 2.19. The van der Waals surface area contributed by atoms with Crippen molar-refractivity contribution in [1.29, 1.82) is 5.26 Å². The summed E-state index contributed by atoms with van der Waals surface area (Å²) in [6.45, 7) is 0. The molecule has 1 aromatic heterocycles. The summed E-state index contributed by atoms with van der Waals surface area (Å²) in [7, 11) is 1.03. The van der Waals surface area contributed by atoms with Gasteiger partial charge in [0.25, 0.3) is 0 Å². The number of hydrogen-bond acceptors (Lipinski definition) is 5. The van der Waals surface area contributed by atoms with Crippen LogP contribution in [0.1, 0.15) is 21.6 Å². The number of ether oxygens (including phenoxy) is 2. The van der Waals surface area contributed by atoms with E-state index < -0.39 is 46.7 Å². The molecule has 0 aliphatic rings. The molecule has 0 unspecified atom stereocenters. The Bertz CT molecular complexity index is 1240. The van der Waals surface area contributed by atoms with Crippen LogP contribution in [-0.4, -0.2) is 17.6 Å². The van der Waals surface area contributed by atoms with Crippen molar-refractivity contribution in [1.82, 2.24) is 4.57 Å². The first-order valence-electron chi connectivity index (χ1n) is 8.51. The molecule has 0 aliphatic heterocycles. The Morgan fingerprint density at radius 3 is 2.28 bits per heavy atom. The third-order valence-corrected chi connectivity index (χ3v) is 4.26. The molecule has 0 fully saturated rings. The van der Waals surface area contributed by atoms with Crippen LogP contribution in [0.4, 0.5) is 32.0 Å². The molecule has 0 atom stereocenters. The second-order valence-corrected chi connectivity index (χ2v) is 6.26. The number of aromatic nitrogens is 1. The molecule has 2 aromatic carbocycles. The van der Waals surface area contributed by atoms with Crippen molar-refractivity contribution in [2.45, 2.75) is 6.18 Å². The Morgan fingerprint density at radius 2 is 1.75 bits per heavy atom. The van der Waals surface area contributed by atoms with E-state index in [9.17, 15) is 36.4 Å². The van der Waals surface area contributed by atoms with E-state index in [1.54, 1.807) is 6.07 Å². The number of rotatable bonds is 4. The van der Waals surface area contributed by atoms with Gasteiger partial charge in [-0.25, -0.2) is 18.0 Å². The molecule has 0 saturated heterocycles. The first kappa shape index (κ1) is 22.5. The number of anilines is 1. The zero-order chi connectivity index (χ0) is 23.8. The lowest BCUT2D eigenvalue weighted by Crippen LogP contribution is -2.12. The fourth-order valence-corrected chi connectivity index (χ4v) is 2.80. The van der Waals surface area contributed by atoms with Crippen LogP contribution < -0.4 is 10.5 Å². The zero-order valence-electron chi connectivity index (χ0n) is 15.9. The number of esters is 1. The van der Waals surface area contributed by atoms with Gasteiger partial charge in [-0.1, -0.05) is 0 Å². The number of carbonyl (C=O) groups is 1. The molecule has 6 nitrogen and oxygen atoms in total. The van der Waals surface area contributed by atoms with Crippen molar-refractivity contribution in [2.75, 3.05) is 12.8 Å². The lowest BCUT2D eigenvalue weighted by molar-refractivity contribution is -0.138. The van der Waals surface area contributed by atoms with E-state index in [4.69, 9.17) is 10.5 Å². The average molecular weight is 455 g/mol. The number of nitrogens with zero attached hydrogens (tertiary/aromatic N) is 2. The highest BCUT2D eigenvalue weighted by molar-refractivity contribution is 5.96. The minimum Gasteiger partial charge on any atom is -0.464 e.